The molecule has 0 fully saturated rings. The minimum atomic E-state index is -0.395. The third kappa shape index (κ3) is 3.44. The lowest BCUT2D eigenvalue weighted by Crippen LogP contribution is -2.06. The summed E-state index contributed by atoms with van der Waals surface area (Å²) in [6.07, 6.45) is 0.0925. The van der Waals surface area contributed by atoms with Gasteiger partial charge in [-0.15, -0.1) is 0 Å². The Morgan fingerprint density at radius 1 is 1.47 bits per heavy atom. The highest BCUT2D eigenvalue weighted by atomic mass is 19.1. The molecule has 0 unspecified atom stereocenters. The van der Waals surface area contributed by atoms with Gasteiger partial charge < -0.3 is 4.74 Å². The molecule has 0 N–H and O–H groups in total. The van der Waals surface area contributed by atoms with E-state index in [4.69, 9.17) is 4.74 Å². The van der Waals surface area contributed by atoms with Crippen LogP contribution in [0.2, 0.25) is 0 Å². The van der Waals surface area contributed by atoms with Crippen LogP contribution in [0.5, 0.6) is 0 Å². The van der Waals surface area contributed by atoms with Crippen LogP contribution < -0.4 is 0 Å². The van der Waals surface area contributed by atoms with Gasteiger partial charge in [-0.1, -0.05) is 6.07 Å². The van der Waals surface area contributed by atoms with Crippen LogP contribution in [-0.2, 0) is 11.3 Å². The lowest BCUT2D eigenvalue weighted by atomic mass is 10.0. The summed E-state index contributed by atoms with van der Waals surface area (Å²) >= 11 is 0. The van der Waals surface area contributed by atoms with Gasteiger partial charge in [0.25, 0.3) is 0 Å². The first kappa shape index (κ1) is 11.9. The first-order valence-corrected chi connectivity index (χ1v) is 4.91. The number of ether oxygens (including phenoxy) is 1. The molecule has 0 heterocycles. The molecule has 15 heavy (non-hydrogen) atoms. The fourth-order valence-corrected chi connectivity index (χ4v) is 1.26. The van der Waals surface area contributed by atoms with Crippen molar-refractivity contribution in [2.24, 2.45) is 0 Å². The van der Waals surface area contributed by atoms with E-state index in [0.717, 1.165) is 5.56 Å². The molecule has 0 saturated carbocycles. The second-order valence-corrected chi connectivity index (χ2v) is 3.72. The van der Waals surface area contributed by atoms with Gasteiger partial charge in [0.15, 0.2) is 5.78 Å². The van der Waals surface area contributed by atoms with Crippen molar-refractivity contribution in [3.8, 4) is 0 Å². The predicted octanol–water partition coefficient (Wildman–Crippen LogP) is 2.95. The Hall–Kier alpha value is -1.22. The zero-order valence-corrected chi connectivity index (χ0v) is 9.21. The van der Waals surface area contributed by atoms with E-state index < -0.39 is 5.82 Å². The minimum Gasteiger partial charge on any atom is -0.374 e. The Balaban J connectivity index is 2.91. The number of hydrogen-bond donors (Lipinski definition) is 0. The van der Waals surface area contributed by atoms with Crippen molar-refractivity contribution in [3.63, 3.8) is 0 Å². The quantitative estimate of drug-likeness (QED) is 0.714. The molecule has 0 atom stereocenters. The SMILES string of the molecule is CC(=O)c1cc(F)ccc1COC(C)C. The molecule has 0 radical (unpaired) electrons. The van der Waals surface area contributed by atoms with Crippen LogP contribution in [0.4, 0.5) is 4.39 Å². The van der Waals surface area contributed by atoms with Crippen LogP contribution in [0, 0.1) is 5.82 Å². The van der Waals surface area contributed by atoms with Crippen molar-refractivity contribution in [3.05, 3.63) is 35.1 Å². The van der Waals surface area contributed by atoms with Gasteiger partial charge >= 0.3 is 0 Å². The highest BCUT2D eigenvalue weighted by molar-refractivity contribution is 5.95. The van der Waals surface area contributed by atoms with Gasteiger partial charge in [-0.2, -0.15) is 0 Å². The Kier molecular flexibility index (Phi) is 3.97. The monoisotopic (exact) mass is 210 g/mol. The van der Waals surface area contributed by atoms with E-state index in [0.29, 0.717) is 12.2 Å². The summed E-state index contributed by atoms with van der Waals surface area (Å²) < 4.78 is 18.3. The van der Waals surface area contributed by atoms with E-state index in [2.05, 4.69) is 0 Å². The summed E-state index contributed by atoms with van der Waals surface area (Å²) in [5, 5.41) is 0. The second-order valence-electron chi connectivity index (χ2n) is 3.72. The van der Waals surface area contributed by atoms with Crippen molar-refractivity contribution in [1.82, 2.24) is 0 Å². The molecule has 0 amide bonds. The molecular formula is C12H15FO2. The number of hydrogen-bond acceptors (Lipinski definition) is 2. The molecule has 2 nitrogen and oxygen atoms in total. The Labute approximate surface area is 89.1 Å². The summed E-state index contributed by atoms with van der Waals surface area (Å²) in [6.45, 7) is 5.59. The Morgan fingerprint density at radius 3 is 2.67 bits per heavy atom. The van der Waals surface area contributed by atoms with Crippen molar-refractivity contribution in [2.75, 3.05) is 0 Å². The van der Waals surface area contributed by atoms with Crippen LogP contribution in [-0.4, -0.2) is 11.9 Å². The molecule has 82 valence electrons. The van der Waals surface area contributed by atoms with E-state index in [1.54, 1.807) is 6.07 Å². The number of carbonyl (C=O) groups is 1. The lowest BCUT2D eigenvalue weighted by molar-refractivity contribution is 0.0647. The van der Waals surface area contributed by atoms with Crippen LogP contribution in [0.1, 0.15) is 36.7 Å². The number of Topliss-reactive ketones (excluding diaryl/α,β-unsaturated/α-hetero) is 1. The zero-order chi connectivity index (χ0) is 11.4. The van der Waals surface area contributed by atoms with Gasteiger partial charge in [-0.25, -0.2) is 4.39 Å². The topological polar surface area (TPSA) is 26.3 Å². The highest BCUT2D eigenvalue weighted by Crippen LogP contribution is 2.14. The van der Waals surface area contributed by atoms with Crippen LogP contribution in [0.25, 0.3) is 0 Å². The average Bonchev–Trinajstić information content (AvgIpc) is 2.15. The molecule has 0 saturated heterocycles. The number of benzene rings is 1. The molecule has 1 rings (SSSR count). The van der Waals surface area contributed by atoms with Crippen molar-refractivity contribution in [2.45, 2.75) is 33.5 Å². The largest absolute Gasteiger partial charge is 0.374 e. The summed E-state index contributed by atoms with van der Waals surface area (Å²) in [4.78, 5) is 11.2. The first-order chi connectivity index (χ1) is 7.00. The van der Waals surface area contributed by atoms with Crippen LogP contribution in [0.15, 0.2) is 18.2 Å². The van der Waals surface area contributed by atoms with Gasteiger partial charge in [-0.3, -0.25) is 4.79 Å². The van der Waals surface area contributed by atoms with Gasteiger partial charge in [0.05, 0.1) is 12.7 Å². The van der Waals surface area contributed by atoms with E-state index in [1.807, 2.05) is 13.8 Å². The zero-order valence-electron chi connectivity index (χ0n) is 9.21. The van der Waals surface area contributed by atoms with Crippen molar-refractivity contribution >= 4 is 5.78 Å². The molecule has 0 spiro atoms. The molecule has 0 aromatic heterocycles. The molecule has 3 heteroatoms. The number of rotatable bonds is 4. The maximum Gasteiger partial charge on any atom is 0.160 e. The molecule has 1 aromatic rings. The molecule has 1 aromatic carbocycles. The Bertz CT molecular complexity index is 359. The fourth-order valence-electron chi connectivity index (χ4n) is 1.26. The fraction of sp³-hybridized carbons (Fsp3) is 0.417. The third-order valence-electron chi connectivity index (χ3n) is 2.02. The number of carbonyl (C=O) groups excluding carboxylic acids is 1. The van der Waals surface area contributed by atoms with Gasteiger partial charge in [-0.05, 0) is 38.5 Å². The third-order valence-corrected chi connectivity index (χ3v) is 2.02. The smallest absolute Gasteiger partial charge is 0.160 e. The summed E-state index contributed by atoms with van der Waals surface area (Å²) in [5.41, 5.74) is 1.13. The molecule has 0 aliphatic carbocycles. The first-order valence-electron chi connectivity index (χ1n) is 4.91. The van der Waals surface area contributed by atoms with Gasteiger partial charge in [0.1, 0.15) is 5.82 Å². The molecule has 0 bridgehead atoms. The van der Waals surface area contributed by atoms with Crippen molar-refractivity contribution < 1.29 is 13.9 Å². The van der Waals surface area contributed by atoms with Crippen molar-refractivity contribution in [1.29, 1.82) is 0 Å². The van der Waals surface area contributed by atoms with Gasteiger partial charge in [0.2, 0.25) is 0 Å². The van der Waals surface area contributed by atoms with E-state index >= 15 is 0 Å². The Morgan fingerprint density at radius 2 is 2.13 bits per heavy atom. The molecule has 0 aliphatic heterocycles. The van der Waals surface area contributed by atoms with Crippen LogP contribution >= 0.6 is 0 Å². The molecule has 0 aliphatic rings. The maximum atomic E-state index is 12.9. The lowest BCUT2D eigenvalue weighted by Gasteiger charge is -2.10. The molecular weight excluding hydrogens is 195 g/mol. The summed E-state index contributed by atoms with van der Waals surface area (Å²) in [7, 11) is 0. The summed E-state index contributed by atoms with van der Waals surface area (Å²) in [5.74, 6) is -0.537. The minimum absolute atomic E-state index is 0.0925. The highest BCUT2D eigenvalue weighted by Gasteiger charge is 2.09. The maximum absolute atomic E-state index is 12.9. The van der Waals surface area contributed by atoms with Crippen LogP contribution in [0.3, 0.4) is 0 Å². The standard InChI is InChI=1S/C12H15FO2/c1-8(2)15-7-10-4-5-11(13)6-12(10)9(3)14/h4-6,8H,7H2,1-3H3. The second kappa shape index (κ2) is 5.03. The van der Waals surface area contributed by atoms with E-state index in [9.17, 15) is 9.18 Å². The van der Waals surface area contributed by atoms with E-state index in [-0.39, 0.29) is 11.9 Å². The normalized spacial score (nSPS) is 10.7. The number of halogens is 1. The predicted molar refractivity (Wildman–Crippen MR) is 56.3 cm³/mol. The summed E-state index contributed by atoms with van der Waals surface area (Å²) in [6, 6.07) is 4.18. The van der Waals surface area contributed by atoms with Gasteiger partial charge in [0, 0.05) is 5.56 Å². The average molecular weight is 210 g/mol. The number of ketones is 1. The van der Waals surface area contributed by atoms with E-state index in [1.165, 1.54) is 19.1 Å².